The molecular formula is C16H27N3. The van der Waals surface area contributed by atoms with E-state index in [0.29, 0.717) is 6.04 Å². The van der Waals surface area contributed by atoms with Crippen LogP contribution in [0.5, 0.6) is 0 Å². The van der Waals surface area contributed by atoms with Gasteiger partial charge in [0, 0.05) is 30.9 Å². The van der Waals surface area contributed by atoms with Crippen molar-refractivity contribution in [3.8, 4) is 0 Å². The van der Waals surface area contributed by atoms with Crippen LogP contribution in [-0.2, 0) is 0 Å². The maximum Gasteiger partial charge on any atom is 0.0417 e. The summed E-state index contributed by atoms with van der Waals surface area (Å²) in [5.74, 6) is 0. The Morgan fingerprint density at radius 1 is 1.32 bits per heavy atom. The number of hydrogen-bond acceptors (Lipinski definition) is 3. The van der Waals surface area contributed by atoms with Crippen LogP contribution in [0.3, 0.4) is 0 Å². The Labute approximate surface area is 117 Å². The number of nitrogens with two attached hydrogens (primary N) is 1. The molecule has 3 nitrogen and oxygen atoms in total. The van der Waals surface area contributed by atoms with E-state index in [1.807, 2.05) is 0 Å². The molecule has 2 rings (SSSR count). The second-order valence-electron chi connectivity index (χ2n) is 5.73. The van der Waals surface area contributed by atoms with E-state index in [2.05, 4.69) is 55.0 Å². The van der Waals surface area contributed by atoms with Crippen LogP contribution < -0.4 is 10.6 Å². The zero-order chi connectivity index (χ0) is 13.8. The van der Waals surface area contributed by atoms with Crippen LogP contribution in [0.15, 0.2) is 24.3 Å². The average Bonchev–Trinajstić information content (AvgIpc) is 2.58. The molecule has 1 aliphatic heterocycles. The summed E-state index contributed by atoms with van der Waals surface area (Å²) in [7, 11) is 2.21. The van der Waals surface area contributed by atoms with Gasteiger partial charge >= 0.3 is 0 Å². The monoisotopic (exact) mass is 261 g/mol. The highest BCUT2D eigenvalue weighted by Crippen LogP contribution is 2.29. The molecule has 1 fully saturated rings. The molecule has 0 aliphatic carbocycles. The van der Waals surface area contributed by atoms with E-state index < -0.39 is 0 Å². The molecule has 106 valence electrons. The maximum absolute atomic E-state index is 6.28. The molecule has 1 unspecified atom stereocenters. The number of anilines is 1. The first-order valence-corrected chi connectivity index (χ1v) is 7.43. The van der Waals surface area contributed by atoms with Crippen LogP contribution in [0.4, 0.5) is 5.69 Å². The molecule has 1 aromatic carbocycles. The van der Waals surface area contributed by atoms with Gasteiger partial charge in [0.15, 0.2) is 0 Å². The lowest BCUT2D eigenvalue weighted by Crippen LogP contribution is -2.38. The summed E-state index contributed by atoms with van der Waals surface area (Å²) in [6.45, 7) is 7.90. The van der Waals surface area contributed by atoms with E-state index >= 15 is 0 Å². The van der Waals surface area contributed by atoms with Crippen molar-refractivity contribution in [3.05, 3.63) is 29.8 Å². The summed E-state index contributed by atoms with van der Waals surface area (Å²) < 4.78 is 0. The Morgan fingerprint density at radius 2 is 2.05 bits per heavy atom. The second kappa shape index (κ2) is 6.40. The van der Waals surface area contributed by atoms with E-state index in [1.165, 1.54) is 24.2 Å². The van der Waals surface area contributed by atoms with Gasteiger partial charge in [-0.15, -0.1) is 0 Å². The Morgan fingerprint density at radius 3 is 2.79 bits per heavy atom. The van der Waals surface area contributed by atoms with Gasteiger partial charge < -0.3 is 15.5 Å². The highest BCUT2D eigenvalue weighted by Gasteiger charge is 2.22. The molecule has 1 aliphatic rings. The molecule has 0 radical (unpaired) electrons. The number of rotatable bonds is 3. The number of likely N-dealkylation sites (N-methyl/N-ethyl adjacent to an activating group) is 1. The standard InChI is InChI=1S/C16H27N3/c1-4-15(17)14-8-5-6-9-16(14)19-11-7-10-18(3)12-13(19)2/h5-6,8-9,13,15H,4,7,10-12,17H2,1-3H3/t13?,15-/m1/s1. The molecule has 0 spiro atoms. The summed E-state index contributed by atoms with van der Waals surface area (Å²) in [6, 6.07) is 9.32. The number of nitrogens with zero attached hydrogens (tertiary/aromatic N) is 2. The Balaban J connectivity index is 2.29. The van der Waals surface area contributed by atoms with Crippen molar-refractivity contribution >= 4 is 5.69 Å². The molecule has 2 atom stereocenters. The first kappa shape index (κ1) is 14.4. The van der Waals surface area contributed by atoms with Crippen LogP contribution in [0, 0.1) is 0 Å². The molecule has 0 amide bonds. The van der Waals surface area contributed by atoms with Crippen molar-refractivity contribution < 1.29 is 0 Å². The number of benzene rings is 1. The molecule has 1 heterocycles. The smallest absolute Gasteiger partial charge is 0.0417 e. The lowest BCUT2D eigenvalue weighted by atomic mass is 10.0. The van der Waals surface area contributed by atoms with Gasteiger partial charge in [-0.2, -0.15) is 0 Å². The van der Waals surface area contributed by atoms with E-state index in [-0.39, 0.29) is 6.04 Å². The summed E-state index contributed by atoms with van der Waals surface area (Å²) in [6.07, 6.45) is 2.20. The SMILES string of the molecule is CC[C@@H](N)c1ccccc1N1CCCN(C)CC1C. The maximum atomic E-state index is 6.28. The minimum absolute atomic E-state index is 0.143. The van der Waals surface area contributed by atoms with Crippen molar-refractivity contribution in [2.75, 3.05) is 31.6 Å². The van der Waals surface area contributed by atoms with Gasteiger partial charge in [-0.1, -0.05) is 25.1 Å². The fraction of sp³-hybridized carbons (Fsp3) is 0.625. The van der Waals surface area contributed by atoms with Crippen LogP contribution >= 0.6 is 0 Å². The largest absolute Gasteiger partial charge is 0.367 e. The van der Waals surface area contributed by atoms with Gasteiger partial charge in [-0.25, -0.2) is 0 Å². The first-order valence-electron chi connectivity index (χ1n) is 7.43. The fourth-order valence-electron chi connectivity index (χ4n) is 3.01. The molecular weight excluding hydrogens is 234 g/mol. The van der Waals surface area contributed by atoms with Gasteiger partial charge in [0.05, 0.1) is 0 Å². The van der Waals surface area contributed by atoms with Crippen molar-refractivity contribution in [2.24, 2.45) is 5.73 Å². The molecule has 2 N–H and O–H groups in total. The topological polar surface area (TPSA) is 32.5 Å². The summed E-state index contributed by atoms with van der Waals surface area (Å²) in [5.41, 5.74) is 8.90. The van der Waals surface area contributed by atoms with Crippen LogP contribution in [0.2, 0.25) is 0 Å². The zero-order valence-corrected chi connectivity index (χ0v) is 12.5. The highest BCUT2D eigenvalue weighted by molar-refractivity contribution is 5.56. The summed E-state index contributed by atoms with van der Waals surface area (Å²) in [4.78, 5) is 4.96. The van der Waals surface area contributed by atoms with E-state index in [1.54, 1.807) is 0 Å². The van der Waals surface area contributed by atoms with Crippen molar-refractivity contribution in [1.29, 1.82) is 0 Å². The predicted octanol–water partition coefficient (Wildman–Crippen LogP) is 2.63. The van der Waals surface area contributed by atoms with E-state index in [9.17, 15) is 0 Å². The molecule has 0 saturated carbocycles. The Kier molecular flexibility index (Phi) is 4.83. The molecule has 0 aromatic heterocycles. The predicted molar refractivity (Wildman–Crippen MR) is 82.6 cm³/mol. The molecule has 0 bridgehead atoms. The van der Waals surface area contributed by atoms with Gasteiger partial charge in [-0.05, 0) is 45.0 Å². The highest BCUT2D eigenvalue weighted by atomic mass is 15.2. The molecule has 3 heteroatoms. The molecule has 1 saturated heterocycles. The Bertz CT molecular complexity index is 405. The third-order valence-electron chi connectivity index (χ3n) is 4.13. The van der Waals surface area contributed by atoms with Crippen LogP contribution in [0.25, 0.3) is 0 Å². The van der Waals surface area contributed by atoms with Gasteiger partial charge in [0.25, 0.3) is 0 Å². The Hall–Kier alpha value is -1.06. The van der Waals surface area contributed by atoms with Crippen LogP contribution in [0.1, 0.15) is 38.3 Å². The molecule has 19 heavy (non-hydrogen) atoms. The third-order valence-corrected chi connectivity index (χ3v) is 4.13. The van der Waals surface area contributed by atoms with Crippen molar-refractivity contribution in [1.82, 2.24) is 4.90 Å². The fourth-order valence-corrected chi connectivity index (χ4v) is 3.01. The summed E-state index contributed by atoms with van der Waals surface area (Å²) in [5, 5.41) is 0. The van der Waals surface area contributed by atoms with Gasteiger partial charge in [0.2, 0.25) is 0 Å². The minimum Gasteiger partial charge on any atom is -0.367 e. The van der Waals surface area contributed by atoms with Gasteiger partial charge in [-0.3, -0.25) is 0 Å². The second-order valence-corrected chi connectivity index (χ2v) is 5.73. The number of para-hydroxylation sites is 1. The van der Waals surface area contributed by atoms with Crippen molar-refractivity contribution in [2.45, 2.75) is 38.8 Å². The summed E-state index contributed by atoms with van der Waals surface area (Å²) >= 11 is 0. The third kappa shape index (κ3) is 3.28. The average molecular weight is 261 g/mol. The molecule has 1 aromatic rings. The van der Waals surface area contributed by atoms with E-state index in [0.717, 1.165) is 19.5 Å². The first-order chi connectivity index (χ1) is 9.13. The van der Waals surface area contributed by atoms with Crippen molar-refractivity contribution in [3.63, 3.8) is 0 Å². The van der Waals surface area contributed by atoms with E-state index in [4.69, 9.17) is 5.73 Å². The normalized spacial score (nSPS) is 23.2. The lowest BCUT2D eigenvalue weighted by Gasteiger charge is -2.33. The quantitative estimate of drug-likeness (QED) is 0.908. The zero-order valence-electron chi connectivity index (χ0n) is 12.5. The number of hydrogen-bond donors (Lipinski definition) is 1. The van der Waals surface area contributed by atoms with Gasteiger partial charge in [0.1, 0.15) is 0 Å². The van der Waals surface area contributed by atoms with Crippen LogP contribution in [-0.4, -0.2) is 37.6 Å². The minimum atomic E-state index is 0.143. The lowest BCUT2D eigenvalue weighted by molar-refractivity contribution is 0.337.